The number of rotatable bonds is 3. The number of hydrogen-bond acceptors (Lipinski definition) is 3. The summed E-state index contributed by atoms with van der Waals surface area (Å²) in [5.74, 6) is -0.535. The molecule has 1 aromatic carbocycles. The predicted octanol–water partition coefficient (Wildman–Crippen LogP) is 2.90. The lowest BCUT2D eigenvalue weighted by molar-refractivity contribution is 0.251. The maximum Gasteiger partial charge on any atom is 0.319 e. The van der Waals surface area contributed by atoms with E-state index in [1.165, 1.54) is 18.2 Å². The second kappa shape index (κ2) is 6.29. The molecular formula is C13H12ClFN4O. The first-order valence-electron chi connectivity index (χ1n) is 5.82. The van der Waals surface area contributed by atoms with E-state index < -0.39 is 11.8 Å². The van der Waals surface area contributed by atoms with Gasteiger partial charge in [0.25, 0.3) is 0 Å². The summed E-state index contributed by atoms with van der Waals surface area (Å²) in [6, 6.07) is 3.51. The molecule has 0 aliphatic rings. The van der Waals surface area contributed by atoms with Crippen molar-refractivity contribution in [2.75, 3.05) is 5.32 Å². The molecule has 0 saturated heterocycles. The average Bonchev–Trinajstić information content (AvgIpc) is 2.42. The second-order valence-electron chi connectivity index (χ2n) is 4.09. The smallest absolute Gasteiger partial charge is 0.319 e. The fourth-order valence-electron chi connectivity index (χ4n) is 1.43. The Balaban J connectivity index is 1.89. The number of urea groups is 1. The zero-order chi connectivity index (χ0) is 14.5. The van der Waals surface area contributed by atoms with E-state index in [0.29, 0.717) is 11.4 Å². The molecule has 2 amide bonds. The standard InChI is InChI=1S/C13H12ClFN4O/c1-8-5-17-10(6-16-8)7-18-13(20)19-9-2-3-12(15)11(14)4-9/h2-6H,7H2,1H3,(H2,18,19,20). The first kappa shape index (κ1) is 14.2. The van der Waals surface area contributed by atoms with Crippen molar-refractivity contribution in [1.29, 1.82) is 0 Å². The second-order valence-corrected chi connectivity index (χ2v) is 4.49. The molecule has 0 fully saturated rings. The summed E-state index contributed by atoms with van der Waals surface area (Å²) in [6.45, 7) is 2.07. The van der Waals surface area contributed by atoms with E-state index in [1.54, 1.807) is 12.4 Å². The van der Waals surface area contributed by atoms with Crippen LogP contribution in [-0.4, -0.2) is 16.0 Å². The Morgan fingerprint density at radius 2 is 2.15 bits per heavy atom. The van der Waals surface area contributed by atoms with Crippen molar-refractivity contribution in [2.45, 2.75) is 13.5 Å². The molecule has 0 saturated carbocycles. The molecule has 0 unspecified atom stereocenters. The van der Waals surface area contributed by atoms with Gasteiger partial charge in [-0.25, -0.2) is 9.18 Å². The van der Waals surface area contributed by atoms with Crippen LogP contribution >= 0.6 is 11.6 Å². The maximum atomic E-state index is 13.0. The number of amides is 2. The van der Waals surface area contributed by atoms with Crippen LogP contribution in [0, 0.1) is 12.7 Å². The monoisotopic (exact) mass is 294 g/mol. The van der Waals surface area contributed by atoms with Crippen LogP contribution in [0.3, 0.4) is 0 Å². The van der Waals surface area contributed by atoms with Gasteiger partial charge in [-0.2, -0.15) is 0 Å². The Morgan fingerprint density at radius 3 is 2.80 bits per heavy atom. The first-order chi connectivity index (χ1) is 9.54. The molecule has 0 radical (unpaired) electrons. The Bertz CT molecular complexity index is 618. The summed E-state index contributed by atoms with van der Waals surface area (Å²) in [7, 11) is 0. The molecule has 2 rings (SSSR count). The molecule has 0 aliphatic carbocycles. The third-order valence-electron chi connectivity index (χ3n) is 2.44. The third kappa shape index (κ3) is 3.89. The Hall–Kier alpha value is -2.21. The Morgan fingerprint density at radius 1 is 1.35 bits per heavy atom. The van der Waals surface area contributed by atoms with Gasteiger partial charge in [0.2, 0.25) is 0 Å². The van der Waals surface area contributed by atoms with Crippen molar-refractivity contribution < 1.29 is 9.18 Å². The van der Waals surface area contributed by atoms with E-state index in [-0.39, 0.29) is 11.6 Å². The zero-order valence-corrected chi connectivity index (χ0v) is 11.4. The van der Waals surface area contributed by atoms with E-state index in [2.05, 4.69) is 20.6 Å². The number of halogens is 2. The summed E-state index contributed by atoms with van der Waals surface area (Å²) in [5, 5.41) is 5.10. The number of aryl methyl sites for hydroxylation is 1. The van der Waals surface area contributed by atoms with Gasteiger partial charge in [-0.05, 0) is 25.1 Å². The predicted molar refractivity (Wildman–Crippen MR) is 74.0 cm³/mol. The summed E-state index contributed by atoms with van der Waals surface area (Å²) in [6.07, 6.45) is 3.21. The lowest BCUT2D eigenvalue weighted by Crippen LogP contribution is -2.28. The topological polar surface area (TPSA) is 66.9 Å². The minimum Gasteiger partial charge on any atom is -0.332 e. The molecule has 2 aromatic rings. The van der Waals surface area contributed by atoms with E-state index in [0.717, 1.165) is 5.69 Å². The van der Waals surface area contributed by atoms with Gasteiger partial charge in [0.15, 0.2) is 0 Å². The average molecular weight is 295 g/mol. The highest BCUT2D eigenvalue weighted by Gasteiger charge is 2.05. The number of nitrogens with one attached hydrogen (secondary N) is 2. The van der Waals surface area contributed by atoms with E-state index in [1.807, 2.05) is 6.92 Å². The van der Waals surface area contributed by atoms with Crippen LogP contribution in [-0.2, 0) is 6.54 Å². The first-order valence-corrected chi connectivity index (χ1v) is 6.20. The Labute approximate surface area is 120 Å². The molecule has 0 atom stereocenters. The number of benzene rings is 1. The number of hydrogen-bond donors (Lipinski definition) is 2. The number of anilines is 1. The van der Waals surface area contributed by atoms with E-state index in [9.17, 15) is 9.18 Å². The van der Waals surface area contributed by atoms with E-state index in [4.69, 9.17) is 11.6 Å². The number of carbonyl (C=O) groups excluding carboxylic acids is 1. The lowest BCUT2D eigenvalue weighted by Gasteiger charge is -2.07. The number of aromatic nitrogens is 2. The molecular weight excluding hydrogens is 283 g/mol. The summed E-state index contributed by atoms with van der Waals surface area (Å²) in [4.78, 5) is 19.8. The van der Waals surface area contributed by atoms with Crippen molar-refractivity contribution >= 4 is 23.3 Å². The van der Waals surface area contributed by atoms with Crippen LogP contribution in [0.1, 0.15) is 11.4 Å². The van der Waals surface area contributed by atoms with Gasteiger partial charge >= 0.3 is 6.03 Å². The van der Waals surface area contributed by atoms with Crippen molar-refractivity contribution in [3.05, 3.63) is 52.8 Å². The van der Waals surface area contributed by atoms with Crippen LogP contribution in [0.15, 0.2) is 30.6 Å². The molecule has 1 heterocycles. The van der Waals surface area contributed by atoms with Gasteiger partial charge in [0.05, 0.1) is 29.2 Å². The number of nitrogens with zero attached hydrogens (tertiary/aromatic N) is 2. The van der Waals surface area contributed by atoms with Crippen LogP contribution in [0.4, 0.5) is 14.9 Å². The van der Waals surface area contributed by atoms with Gasteiger partial charge < -0.3 is 10.6 Å². The highest BCUT2D eigenvalue weighted by atomic mass is 35.5. The fraction of sp³-hybridized carbons (Fsp3) is 0.154. The fourth-order valence-corrected chi connectivity index (χ4v) is 1.61. The molecule has 0 aliphatic heterocycles. The highest BCUT2D eigenvalue weighted by molar-refractivity contribution is 6.31. The molecule has 7 heteroatoms. The van der Waals surface area contributed by atoms with Gasteiger partial charge in [-0.1, -0.05) is 11.6 Å². The molecule has 5 nitrogen and oxygen atoms in total. The van der Waals surface area contributed by atoms with Gasteiger partial charge in [-0.15, -0.1) is 0 Å². The lowest BCUT2D eigenvalue weighted by atomic mass is 10.3. The molecule has 20 heavy (non-hydrogen) atoms. The van der Waals surface area contributed by atoms with Crippen molar-refractivity contribution in [1.82, 2.24) is 15.3 Å². The highest BCUT2D eigenvalue weighted by Crippen LogP contribution is 2.19. The summed E-state index contributed by atoms with van der Waals surface area (Å²) >= 11 is 5.62. The van der Waals surface area contributed by atoms with Crippen molar-refractivity contribution in [3.8, 4) is 0 Å². The quantitative estimate of drug-likeness (QED) is 0.914. The Kier molecular flexibility index (Phi) is 4.47. The molecule has 104 valence electrons. The van der Waals surface area contributed by atoms with Gasteiger partial charge in [-0.3, -0.25) is 9.97 Å². The minimum absolute atomic E-state index is 0.0489. The van der Waals surface area contributed by atoms with Gasteiger partial charge in [0, 0.05) is 11.9 Å². The SMILES string of the molecule is Cc1cnc(CNC(=O)Nc2ccc(F)c(Cl)c2)cn1. The normalized spacial score (nSPS) is 10.2. The maximum absolute atomic E-state index is 13.0. The van der Waals surface area contributed by atoms with Crippen LogP contribution in [0.5, 0.6) is 0 Å². The van der Waals surface area contributed by atoms with Crippen LogP contribution in [0.25, 0.3) is 0 Å². The van der Waals surface area contributed by atoms with Gasteiger partial charge in [0.1, 0.15) is 5.82 Å². The third-order valence-corrected chi connectivity index (χ3v) is 2.73. The minimum atomic E-state index is -0.535. The van der Waals surface area contributed by atoms with Crippen LogP contribution in [0.2, 0.25) is 5.02 Å². The summed E-state index contributed by atoms with van der Waals surface area (Å²) in [5.41, 5.74) is 1.85. The summed E-state index contributed by atoms with van der Waals surface area (Å²) < 4.78 is 13.0. The van der Waals surface area contributed by atoms with Crippen molar-refractivity contribution in [3.63, 3.8) is 0 Å². The zero-order valence-electron chi connectivity index (χ0n) is 10.7. The van der Waals surface area contributed by atoms with Crippen LogP contribution < -0.4 is 10.6 Å². The van der Waals surface area contributed by atoms with E-state index >= 15 is 0 Å². The van der Waals surface area contributed by atoms with Crippen molar-refractivity contribution in [2.24, 2.45) is 0 Å². The molecule has 0 bridgehead atoms. The number of carbonyl (C=O) groups is 1. The molecule has 2 N–H and O–H groups in total. The molecule has 0 spiro atoms. The largest absolute Gasteiger partial charge is 0.332 e. The molecule has 1 aromatic heterocycles.